The Labute approximate surface area is 171 Å². The van der Waals surface area contributed by atoms with Crippen LogP contribution in [-0.2, 0) is 10.0 Å². The van der Waals surface area contributed by atoms with Gasteiger partial charge in [-0.2, -0.15) is 0 Å². The molecule has 5 nitrogen and oxygen atoms in total. The van der Waals surface area contributed by atoms with Gasteiger partial charge in [0.15, 0.2) is 0 Å². The third-order valence-corrected chi connectivity index (χ3v) is 6.17. The smallest absolute Gasteiger partial charge is 0.261 e. The topological polar surface area (TPSA) is 75.3 Å². The normalized spacial score (nSPS) is 12.2. The summed E-state index contributed by atoms with van der Waals surface area (Å²) in [5.74, 6) is -0.237. The van der Waals surface area contributed by atoms with E-state index in [2.05, 4.69) is 10.0 Å². The van der Waals surface area contributed by atoms with Gasteiger partial charge < -0.3 is 5.32 Å². The van der Waals surface area contributed by atoms with E-state index in [1.54, 1.807) is 43.3 Å². The van der Waals surface area contributed by atoms with Gasteiger partial charge in [0.2, 0.25) is 0 Å². The zero-order valence-electron chi connectivity index (χ0n) is 16.4. The van der Waals surface area contributed by atoms with Crippen molar-refractivity contribution in [3.8, 4) is 0 Å². The number of hydrogen-bond donors (Lipinski definition) is 2. The first-order valence-electron chi connectivity index (χ1n) is 9.45. The molecule has 0 aliphatic heterocycles. The third kappa shape index (κ3) is 4.84. The van der Waals surface area contributed by atoms with Gasteiger partial charge in [0, 0.05) is 5.56 Å². The number of sulfonamides is 1. The molecule has 1 atom stereocenters. The SMILES string of the molecule is CCC(NC(=O)c1cccc(NS(=O)(=O)c2ccccc2)c1C)c1ccccc1. The van der Waals surface area contributed by atoms with Crippen LogP contribution in [0.1, 0.15) is 40.9 Å². The molecule has 0 aromatic heterocycles. The molecule has 6 heteroatoms. The summed E-state index contributed by atoms with van der Waals surface area (Å²) in [5, 5.41) is 3.05. The van der Waals surface area contributed by atoms with E-state index < -0.39 is 10.0 Å². The molecule has 0 aliphatic rings. The van der Waals surface area contributed by atoms with E-state index in [0.717, 1.165) is 12.0 Å². The standard InChI is InChI=1S/C23H24N2O3S/c1-3-21(18-11-6-4-7-12-18)24-23(26)20-15-10-16-22(17(20)2)25-29(27,28)19-13-8-5-9-14-19/h4-16,21,25H,3H2,1-2H3,(H,24,26). The molecule has 3 aromatic rings. The summed E-state index contributed by atoms with van der Waals surface area (Å²) in [4.78, 5) is 13.1. The fourth-order valence-corrected chi connectivity index (χ4v) is 4.28. The predicted molar refractivity (Wildman–Crippen MR) is 115 cm³/mol. The molecule has 150 valence electrons. The van der Waals surface area contributed by atoms with E-state index in [4.69, 9.17) is 0 Å². The highest BCUT2D eigenvalue weighted by Crippen LogP contribution is 2.24. The first-order chi connectivity index (χ1) is 13.9. The largest absolute Gasteiger partial charge is 0.345 e. The van der Waals surface area contributed by atoms with Gasteiger partial charge in [-0.25, -0.2) is 8.42 Å². The van der Waals surface area contributed by atoms with Crippen molar-refractivity contribution in [1.82, 2.24) is 5.32 Å². The van der Waals surface area contributed by atoms with Gasteiger partial charge in [-0.15, -0.1) is 0 Å². The maximum Gasteiger partial charge on any atom is 0.261 e. The number of anilines is 1. The summed E-state index contributed by atoms with van der Waals surface area (Å²) in [6, 6.07) is 22.8. The van der Waals surface area contributed by atoms with Crippen LogP contribution in [0.25, 0.3) is 0 Å². The molecular formula is C23H24N2O3S. The molecule has 0 fully saturated rings. The Morgan fingerprint density at radius 2 is 1.52 bits per heavy atom. The summed E-state index contributed by atoms with van der Waals surface area (Å²) >= 11 is 0. The maximum absolute atomic E-state index is 12.9. The van der Waals surface area contributed by atoms with Crippen molar-refractivity contribution in [3.05, 3.63) is 95.6 Å². The van der Waals surface area contributed by atoms with Crippen LogP contribution in [0.5, 0.6) is 0 Å². The summed E-state index contributed by atoms with van der Waals surface area (Å²) in [6.07, 6.45) is 0.745. The zero-order valence-corrected chi connectivity index (χ0v) is 17.2. The van der Waals surface area contributed by atoms with Gasteiger partial charge in [0.05, 0.1) is 16.6 Å². The van der Waals surface area contributed by atoms with Gasteiger partial charge in [-0.3, -0.25) is 9.52 Å². The van der Waals surface area contributed by atoms with Crippen LogP contribution in [0.15, 0.2) is 83.8 Å². The molecule has 2 N–H and O–H groups in total. The van der Waals surface area contributed by atoms with Gasteiger partial charge >= 0.3 is 0 Å². The second-order valence-electron chi connectivity index (χ2n) is 6.74. The average molecular weight is 409 g/mol. The number of rotatable bonds is 7. The predicted octanol–water partition coefficient (Wildman–Crippen LogP) is 4.68. The molecule has 29 heavy (non-hydrogen) atoms. The highest BCUT2D eigenvalue weighted by Gasteiger charge is 2.19. The molecule has 1 amide bonds. The first-order valence-corrected chi connectivity index (χ1v) is 10.9. The lowest BCUT2D eigenvalue weighted by molar-refractivity contribution is 0.0935. The Morgan fingerprint density at radius 1 is 0.897 bits per heavy atom. The summed E-state index contributed by atoms with van der Waals surface area (Å²) in [5.41, 5.74) is 2.43. The van der Waals surface area contributed by atoms with Crippen molar-refractivity contribution >= 4 is 21.6 Å². The lowest BCUT2D eigenvalue weighted by Gasteiger charge is -2.19. The molecule has 0 saturated heterocycles. The number of carbonyl (C=O) groups excluding carboxylic acids is 1. The van der Waals surface area contributed by atoms with E-state index >= 15 is 0 Å². The summed E-state index contributed by atoms with van der Waals surface area (Å²) < 4.78 is 27.9. The van der Waals surface area contributed by atoms with Gasteiger partial charge in [-0.1, -0.05) is 61.5 Å². The quantitative estimate of drug-likeness (QED) is 0.596. The van der Waals surface area contributed by atoms with E-state index in [1.807, 2.05) is 37.3 Å². The van der Waals surface area contributed by atoms with Crippen LogP contribution in [0.3, 0.4) is 0 Å². The molecule has 0 radical (unpaired) electrons. The number of amides is 1. The molecule has 0 bridgehead atoms. The van der Waals surface area contributed by atoms with Gasteiger partial charge in [0.25, 0.3) is 15.9 Å². The molecule has 0 saturated carbocycles. The van der Waals surface area contributed by atoms with Crippen molar-refractivity contribution in [3.63, 3.8) is 0 Å². The van der Waals surface area contributed by atoms with Crippen LogP contribution >= 0.6 is 0 Å². The Kier molecular flexibility index (Phi) is 6.34. The highest BCUT2D eigenvalue weighted by atomic mass is 32.2. The Bertz CT molecular complexity index is 1080. The molecule has 0 spiro atoms. The van der Waals surface area contributed by atoms with Crippen LogP contribution < -0.4 is 10.0 Å². The van der Waals surface area contributed by atoms with Crippen LogP contribution in [0.4, 0.5) is 5.69 Å². The molecule has 1 unspecified atom stereocenters. The van der Waals surface area contributed by atoms with E-state index in [1.165, 1.54) is 12.1 Å². The highest BCUT2D eigenvalue weighted by molar-refractivity contribution is 7.92. The minimum atomic E-state index is -3.73. The fraction of sp³-hybridized carbons (Fsp3) is 0.174. The lowest BCUT2D eigenvalue weighted by atomic mass is 10.0. The third-order valence-electron chi connectivity index (χ3n) is 4.79. The molecule has 0 aliphatic carbocycles. The lowest BCUT2D eigenvalue weighted by Crippen LogP contribution is -2.29. The van der Waals surface area contributed by atoms with Crippen molar-refractivity contribution in [2.45, 2.75) is 31.2 Å². The molecule has 3 aromatic carbocycles. The molecule has 0 heterocycles. The van der Waals surface area contributed by atoms with Crippen LogP contribution in [0.2, 0.25) is 0 Å². The minimum Gasteiger partial charge on any atom is -0.345 e. The number of benzene rings is 3. The van der Waals surface area contributed by atoms with Crippen LogP contribution in [0, 0.1) is 6.92 Å². The molecule has 3 rings (SSSR count). The molecular weight excluding hydrogens is 384 g/mol. The van der Waals surface area contributed by atoms with Gasteiger partial charge in [0.1, 0.15) is 0 Å². The second kappa shape index (κ2) is 8.92. The Balaban J connectivity index is 1.84. The van der Waals surface area contributed by atoms with E-state index in [0.29, 0.717) is 16.8 Å². The van der Waals surface area contributed by atoms with E-state index in [-0.39, 0.29) is 16.8 Å². The number of nitrogens with one attached hydrogen (secondary N) is 2. The number of carbonyl (C=O) groups is 1. The maximum atomic E-state index is 12.9. The fourth-order valence-electron chi connectivity index (χ4n) is 3.14. The summed E-state index contributed by atoms with van der Waals surface area (Å²) in [7, 11) is -3.73. The average Bonchev–Trinajstić information content (AvgIpc) is 2.74. The Hall–Kier alpha value is -3.12. The van der Waals surface area contributed by atoms with Crippen molar-refractivity contribution < 1.29 is 13.2 Å². The number of hydrogen-bond acceptors (Lipinski definition) is 3. The van der Waals surface area contributed by atoms with Crippen molar-refractivity contribution in [1.29, 1.82) is 0 Å². The van der Waals surface area contributed by atoms with E-state index in [9.17, 15) is 13.2 Å². The first kappa shape index (κ1) is 20.6. The second-order valence-corrected chi connectivity index (χ2v) is 8.42. The minimum absolute atomic E-state index is 0.118. The van der Waals surface area contributed by atoms with Crippen molar-refractivity contribution in [2.24, 2.45) is 0 Å². The van der Waals surface area contributed by atoms with Gasteiger partial charge in [-0.05, 0) is 48.7 Å². The monoisotopic (exact) mass is 408 g/mol. The Morgan fingerprint density at radius 3 is 2.14 bits per heavy atom. The van der Waals surface area contributed by atoms with Crippen molar-refractivity contribution in [2.75, 3.05) is 4.72 Å². The zero-order chi connectivity index (χ0) is 20.9. The van der Waals surface area contributed by atoms with Crippen LogP contribution in [-0.4, -0.2) is 14.3 Å². The summed E-state index contributed by atoms with van der Waals surface area (Å²) in [6.45, 7) is 3.75.